The Morgan fingerprint density at radius 3 is 2.21 bits per heavy atom. The van der Waals surface area contributed by atoms with Crippen LogP contribution in [0.5, 0.6) is 0 Å². The highest BCUT2D eigenvalue weighted by Crippen LogP contribution is 2.09. The molecule has 0 aromatic heterocycles. The third kappa shape index (κ3) is 4.68. The van der Waals surface area contributed by atoms with Gasteiger partial charge in [0.15, 0.2) is 0 Å². The van der Waals surface area contributed by atoms with E-state index in [0.717, 1.165) is 0 Å². The van der Waals surface area contributed by atoms with Crippen LogP contribution < -0.4 is 16.2 Å². The molecule has 1 aromatic rings. The molecule has 0 saturated carbocycles. The predicted octanol–water partition coefficient (Wildman–Crippen LogP) is -0.916. The highest BCUT2D eigenvalue weighted by molar-refractivity contribution is 7.89. The number of sulfonamides is 1. The van der Waals surface area contributed by atoms with Crippen LogP contribution in [-0.4, -0.2) is 26.3 Å². The Labute approximate surface area is 111 Å². The van der Waals surface area contributed by atoms with E-state index >= 15 is 0 Å². The molecule has 8 heteroatoms. The Morgan fingerprint density at radius 1 is 1.16 bits per heavy atom. The quantitative estimate of drug-likeness (QED) is 0.597. The monoisotopic (exact) mass is 285 g/mol. The lowest BCUT2D eigenvalue weighted by Crippen LogP contribution is -2.44. The summed E-state index contributed by atoms with van der Waals surface area (Å²) in [5.74, 6) is -1.49. The maximum Gasteiger partial charge on any atom is 0.241 e. The minimum absolute atomic E-state index is 0.0142. The second kappa shape index (κ2) is 6.30. The van der Waals surface area contributed by atoms with Gasteiger partial charge in [-0.3, -0.25) is 9.59 Å². The number of carbonyl (C=O) groups is 2. The molecule has 0 aliphatic carbocycles. The van der Waals surface area contributed by atoms with Gasteiger partial charge in [0.1, 0.15) is 6.04 Å². The van der Waals surface area contributed by atoms with Gasteiger partial charge in [0.05, 0.1) is 4.90 Å². The summed E-state index contributed by atoms with van der Waals surface area (Å²) >= 11 is 0. The van der Waals surface area contributed by atoms with Crippen molar-refractivity contribution in [3.05, 3.63) is 30.3 Å². The SMILES string of the molecule is NC(=O)CC[C@H](NS(=O)(=O)c1ccccc1)C(N)=O. The van der Waals surface area contributed by atoms with Crippen LogP contribution in [0.15, 0.2) is 35.2 Å². The standard InChI is InChI=1S/C11H15N3O4S/c12-10(15)7-6-9(11(13)16)14-19(17,18)8-4-2-1-3-5-8/h1-5,9,14H,6-7H2,(H2,12,15)(H2,13,16)/t9-/m0/s1. The number of nitrogens with two attached hydrogens (primary N) is 2. The van der Waals surface area contributed by atoms with E-state index in [4.69, 9.17) is 11.5 Å². The Morgan fingerprint density at radius 2 is 1.74 bits per heavy atom. The molecule has 0 heterocycles. The maximum atomic E-state index is 12.0. The molecule has 0 saturated heterocycles. The minimum atomic E-state index is -3.86. The summed E-state index contributed by atoms with van der Waals surface area (Å²) in [5.41, 5.74) is 10.0. The van der Waals surface area contributed by atoms with Crippen molar-refractivity contribution in [1.29, 1.82) is 0 Å². The highest BCUT2D eigenvalue weighted by atomic mass is 32.2. The smallest absolute Gasteiger partial charge is 0.241 e. The number of hydrogen-bond acceptors (Lipinski definition) is 4. The second-order valence-corrected chi connectivity index (χ2v) is 5.61. The van der Waals surface area contributed by atoms with Crippen molar-refractivity contribution in [2.24, 2.45) is 11.5 Å². The van der Waals surface area contributed by atoms with E-state index < -0.39 is 27.9 Å². The van der Waals surface area contributed by atoms with Crippen molar-refractivity contribution in [2.75, 3.05) is 0 Å². The Hall–Kier alpha value is -1.93. The number of amides is 2. The third-order valence-corrected chi connectivity index (χ3v) is 3.86. The highest BCUT2D eigenvalue weighted by Gasteiger charge is 2.24. The van der Waals surface area contributed by atoms with E-state index in [2.05, 4.69) is 4.72 Å². The van der Waals surface area contributed by atoms with Gasteiger partial charge in [0.2, 0.25) is 21.8 Å². The van der Waals surface area contributed by atoms with Crippen molar-refractivity contribution in [3.8, 4) is 0 Å². The zero-order valence-corrected chi connectivity index (χ0v) is 10.9. The van der Waals surface area contributed by atoms with Gasteiger partial charge in [-0.05, 0) is 18.6 Å². The Kier molecular flexibility index (Phi) is 5.02. The second-order valence-electron chi connectivity index (χ2n) is 3.89. The number of primary amides is 2. The molecule has 7 nitrogen and oxygen atoms in total. The first kappa shape index (κ1) is 15.1. The molecule has 0 spiro atoms. The Balaban J connectivity index is 2.84. The number of hydrogen-bond donors (Lipinski definition) is 3. The fraction of sp³-hybridized carbons (Fsp3) is 0.273. The van der Waals surface area contributed by atoms with Gasteiger partial charge in [-0.25, -0.2) is 8.42 Å². The lowest BCUT2D eigenvalue weighted by molar-refractivity contribution is -0.120. The van der Waals surface area contributed by atoms with Crippen molar-refractivity contribution < 1.29 is 18.0 Å². The fourth-order valence-corrected chi connectivity index (χ4v) is 2.66. The van der Waals surface area contributed by atoms with Gasteiger partial charge in [-0.15, -0.1) is 0 Å². The third-order valence-electron chi connectivity index (χ3n) is 2.37. The van der Waals surface area contributed by atoms with Crippen LogP contribution in [0.25, 0.3) is 0 Å². The first-order valence-corrected chi connectivity index (χ1v) is 6.96. The van der Waals surface area contributed by atoms with Gasteiger partial charge >= 0.3 is 0 Å². The van der Waals surface area contributed by atoms with Gasteiger partial charge < -0.3 is 11.5 Å². The zero-order valence-electron chi connectivity index (χ0n) is 10.1. The van der Waals surface area contributed by atoms with Crippen LogP contribution in [-0.2, 0) is 19.6 Å². The van der Waals surface area contributed by atoms with Crippen LogP contribution in [0.2, 0.25) is 0 Å². The molecule has 0 aliphatic heterocycles. The molecule has 0 fully saturated rings. The molecule has 104 valence electrons. The number of rotatable bonds is 7. The summed E-state index contributed by atoms with van der Waals surface area (Å²) in [5, 5.41) is 0. The number of carbonyl (C=O) groups excluding carboxylic acids is 2. The van der Waals surface area contributed by atoms with Gasteiger partial charge in [0, 0.05) is 6.42 Å². The Bertz CT molecular complexity index is 557. The van der Waals surface area contributed by atoms with E-state index in [-0.39, 0.29) is 17.7 Å². The summed E-state index contributed by atoms with van der Waals surface area (Å²) < 4.78 is 26.1. The van der Waals surface area contributed by atoms with E-state index in [1.807, 2.05) is 0 Å². The summed E-state index contributed by atoms with van der Waals surface area (Å²) in [6.45, 7) is 0. The number of nitrogens with one attached hydrogen (secondary N) is 1. The van der Waals surface area contributed by atoms with Crippen LogP contribution in [0.3, 0.4) is 0 Å². The predicted molar refractivity (Wildman–Crippen MR) is 68.2 cm³/mol. The van der Waals surface area contributed by atoms with E-state index in [1.54, 1.807) is 18.2 Å². The molecular formula is C11H15N3O4S. The molecule has 1 atom stereocenters. The first-order chi connectivity index (χ1) is 8.83. The average Bonchev–Trinajstić information content (AvgIpc) is 2.35. The fourth-order valence-electron chi connectivity index (χ4n) is 1.40. The average molecular weight is 285 g/mol. The molecule has 0 radical (unpaired) electrons. The largest absolute Gasteiger partial charge is 0.370 e. The maximum absolute atomic E-state index is 12.0. The van der Waals surface area contributed by atoms with Gasteiger partial charge in [-0.2, -0.15) is 4.72 Å². The summed E-state index contributed by atoms with van der Waals surface area (Å²) in [7, 11) is -3.86. The molecule has 0 bridgehead atoms. The molecule has 1 rings (SSSR count). The van der Waals surface area contributed by atoms with Crippen molar-refractivity contribution >= 4 is 21.8 Å². The molecule has 0 aliphatic rings. The van der Waals surface area contributed by atoms with Crippen LogP contribution in [0.1, 0.15) is 12.8 Å². The van der Waals surface area contributed by atoms with E-state index in [1.165, 1.54) is 12.1 Å². The first-order valence-electron chi connectivity index (χ1n) is 5.48. The summed E-state index contributed by atoms with van der Waals surface area (Å²) in [4.78, 5) is 21.8. The van der Waals surface area contributed by atoms with Gasteiger partial charge in [0.25, 0.3) is 0 Å². The van der Waals surface area contributed by atoms with Crippen LogP contribution in [0.4, 0.5) is 0 Å². The normalized spacial score (nSPS) is 12.8. The molecule has 5 N–H and O–H groups in total. The van der Waals surface area contributed by atoms with E-state index in [9.17, 15) is 18.0 Å². The summed E-state index contributed by atoms with van der Waals surface area (Å²) in [6, 6.07) is 6.37. The molecule has 19 heavy (non-hydrogen) atoms. The molecule has 0 unspecified atom stereocenters. The van der Waals surface area contributed by atoms with E-state index in [0.29, 0.717) is 0 Å². The molecule has 1 aromatic carbocycles. The van der Waals surface area contributed by atoms with Crippen molar-refractivity contribution in [2.45, 2.75) is 23.8 Å². The lowest BCUT2D eigenvalue weighted by Gasteiger charge is -2.14. The topological polar surface area (TPSA) is 132 Å². The van der Waals surface area contributed by atoms with Crippen LogP contribution >= 0.6 is 0 Å². The molecule has 2 amide bonds. The minimum Gasteiger partial charge on any atom is -0.370 e. The van der Waals surface area contributed by atoms with Crippen molar-refractivity contribution in [1.82, 2.24) is 4.72 Å². The lowest BCUT2D eigenvalue weighted by atomic mass is 10.1. The summed E-state index contributed by atoms with van der Waals surface area (Å²) in [6.07, 6.45) is -0.207. The zero-order chi connectivity index (χ0) is 14.5. The molecular weight excluding hydrogens is 270 g/mol. The van der Waals surface area contributed by atoms with Gasteiger partial charge in [-0.1, -0.05) is 18.2 Å². The number of benzene rings is 1. The van der Waals surface area contributed by atoms with Crippen LogP contribution in [0, 0.1) is 0 Å². The van der Waals surface area contributed by atoms with Crippen molar-refractivity contribution in [3.63, 3.8) is 0 Å².